The maximum absolute atomic E-state index is 6.74. The zero-order chi connectivity index (χ0) is 20.0. The molecule has 1 aliphatic carbocycles. The van der Waals surface area contributed by atoms with Gasteiger partial charge in [-0.05, 0) is 51.5 Å². The molecule has 3 aliphatic rings. The molecule has 2 N–H and O–H groups in total. The van der Waals surface area contributed by atoms with E-state index in [-0.39, 0.29) is 5.54 Å². The van der Waals surface area contributed by atoms with Crippen molar-refractivity contribution in [1.82, 2.24) is 15.1 Å². The van der Waals surface area contributed by atoms with Gasteiger partial charge in [-0.2, -0.15) is 0 Å². The molecule has 29 heavy (non-hydrogen) atoms. The van der Waals surface area contributed by atoms with Gasteiger partial charge in [-0.3, -0.25) is 4.90 Å². The van der Waals surface area contributed by atoms with E-state index < -0.39 is 0 Å². The summed E-state index contributed by atoms with van der Waals surface area (Å²) >= 11 is 6.74. The molecular formula is C23H31ClN4O. The van der Waals surface area contributed by atoms with Gasteiger partial charge in [-0.15, -0.1) is 0 Å². The summed E-state index contributed by atoms with van der Waals surface area (Å²) in [5, 5.41) is 8.91. The molecule has 1 aromatic carbocycles. The van der Waals surface area contributed by atoms with Crippen LogP contribution in [0, 0.1) is 0 Å². The Kier molecular flexibility index (Phi) is 5.01. The molecule has 1 saturated heterocycles. The second-order valence-electron chi connectivity index (χ2n) is 9.04. The first-order valence-electron chi connectivity index (χ1n) is 10.9. The number of likely N-dealkylation sites (N-methyl/N-ethyl adjacent to an activating group) is 1. The highest BCUT2D eigenvalue weighted by molar-refractivity contribution is 6.34. The molecule has 0 atom stereocenters. The van der Waals surface area contributed by atoms with Crippen molar-refractivity contribution in [2.75, 3.05) is 38.5 Å². The lowest BCUT2D eigenvalue weighted by atomic mass is 9.74. The SMILES string of the molecule is C=C1Nc2c(Cl)cc3cc(CN4CCCN(C)CC4)oc3c2C2(CCCCC2)N1. The van der Waals surface area contributed by atoms with Crippen LogP contribution in [0.4, 0.5) is 5.69 Å². The lowest BCUT2D eigenvalue weighted by Crippen LogP contribution is -2.48. The summed E-state index contributed by atoms with van der Waals surface area (Å²) in [7, 11) is 2.20. The van der Waals surface area contributed by atoms with Gasteiger partial charge in [0.1, 0.15) is 11.3 Å². The normalized spacial score (nSPS) is 22.9. The number of fused-ring (bicyclic) bond motifs is 4. The van der Waals surface area contributed by atoms with Crippen molar-refractivity contribution in [3.63, 3.8) is 0 Å². The van der Waals surface area contributed by atoms with Gasteiger partial charge in [0.25, 0.3) is 0 Å². The van der Waals surface area contributed by atoms with E-state index in [0.717, 1.165) is 72.3 Å². The van der Waals surface area contributed by atoms with Crippen LogP contribution in [0.1, 0.15) is 49.8 Å². The van der Waals surface area contributed by atoms with E-state index in [9.17, 15) is 0 Å². The molecule has 156 valence electrons. The van der Waals surface area contributed by atoms with Crippen LogP contribution >= 0.6 is 11.6 Å². The first-order valence-corrected chi connectivity index (χ1v) is 11.3. The average molecular weight is 415 g/mol. The summed E-state index contributed by atoms with van der Waals surface area (Å²) in [6, 6.07) is 4.23. The second-order valence-corrected chi connectivity index (χ2v) is 9.45. The third-order valence-electron chi connectivity index (χ3n) is 6.85. The fourth-order valence-electron chi connectivity index (χ4n) is 5.40. The van der Waals surface area contributed by atoms with Crippen molar-refractivity contribution >= 4 is 28.3 Å². The van der Waals surface area contributed by atoms with Crippen molar-refractivity contribution in [3.8, 4) is 0 Å². The molecular weight excluding hydrogens is 384 g/mol. The Hall–Kier alpha value is -1.69. The Balaban J connectivity index is 1.54. The summed E-state index contributed by atoms with van der Waals surface area (Å²) in [6.45, 7) is 9.50. The molecule has 0 bridgehead atoms. The predicted molar refractivity (Wildman–Crippen MR) is 119 cm³/mol. The summed E-state index contributed by atoms with van der Waals surface area (Å²) in [6.07, 6.45) is 7.09. The first kappa shape index (κ1) is 19.3. The Morgan fingerprint density at radius 1 is 1.10 bits per heavy atom. The van der Waals surface area contributed by atoms with Gasteiger partial charge in [0, 0.05) is 24.0 Å². The highest BCUT2D eigenvalue weighted by Gasteiger charge is 2.42. The Morgan fingerprint density at radius 2 is 1.93 bits per heavy atom. The lowest BCUT2D eigenvalue weighted by molar-refractivity contribution is 0.243. The molecule has 5 nitrogen and oxygen atoms in total. The molecule has 2 aliphatic heterocycles. The van der Waals surface area contributed by atoms with E-state index in [1.54, 1.807) is 0 Å². The quantitative estimate of drug-likeness (QED) is 0.733. The number of furan rings is 1. The van der Waals surface area contributed by atoms with Crippen molar-refractivity contribution < 1.29 is 4.42 Å². The fraction of sp³-hybridized carbons (Fsp3) is 0.565. The maximum atomic E-state index is 6.74. The monoisotopic (exact) mass is 414 g/mol. The van der Waals surface area contributed by atoms with Crippen molar-refractivity contribution in [3.05, 3.63) is 40.9 Å². The van der Waals surface area contributed by atoms with E-state index in [1.165, 1.54) is 37.8 Å². The van der Waals surface area contributed by atoms with E-state index in [2.05, 4.69) is 40.1 Å². The van der Waals surface area contributed by atoms with E-state index in [4.69, 9.17) is 16.0 Å². The molecule has 5 rings (SSSR count). The number of nitrogens with one attached hydrogen (secondary N) is 2. The summed E-state index contributed by atoms with van der Waals surface area (Å²) in [5.41, 5.74) is 3.04. The van der Waals surface area contributed by atoms with E-state index >= 15 is 0 Å². The van der Waals surface area contributed by atoms with Crippen molar-refractivity contribution in [2.45, 2.75) is 50.6 Å². The van der Waals surface area contributed by atoms with Crippen LogP contribution in [0.15, 0.2) is 28.9 Å². The predicted octanol–water partition coefficient (Wildman–Crippen LogP) is 4.87. The molecule has 1 aromatic heterocycles. The number of hydrogen-bond donors (Lipinski definition) is 2. The molecule has 2 fully saturated rings. The topological polar surface area (TPSA) is 43.7 Å². The van der Waals surface area contributed by atoms with Crippen molar-refractivity contribution in [1.29, 1.82) is 0 Å². The minimum Gasteiger partial charge on any atom is -0.459 e. The minimum atomic E-state index is -0.125. The highest BCUT2D eigenvalue weighted by atomic mass is 35.5. The number of anilines is 1. The largest absolute Gasteiger partial charge is 0.459 e. The second kappa shape index (κ2) is 7.53. The van der Waals surface area contributed by atoms with Crippen LogP contribution < -0.4 is 10.6 Å². The molecule has 6 heteroatoms. The zero-order valence-electron chi connectivity index (χ0n) is 17.3. The molecule has 0 unspecified atom stereocenters. The number of benzene rings is 1. The number of hydrogen-bond acceptors (Lipinski definition) is 5. The van der Waals surface area contributed by atoms with Crippen LogP contribution in [0.25, 0.3) is 11.0 Å². The standard InChI is InChI=1S/C23H31ClN4O/c1-16-25-21-19(24)14-17-13-18(15-28-10-6-9-27(2)11-12-28)29-22(17)20(21)23(26-16)7-4-3-5-8-23/h13-14,25-26H,1,3-12,15H2,2H3. The van der Waals surface area contributed by atoms with Crippen LogP contribution in [0.5, 0.6) is 0 Å². The Bertz CT molecular complexity index is 931. The van der Waals surface area contributed by atoms with Crippen molar-refractivity contribution in [2.24, 2.45) is 0 Å². The smallest absolute Gasteiger partial charge is 0.142 e. The number of rotatable bonds is 2. The summed E-state index contributed by atoms with van der Waals surface area (Å²) < 4.78 is 6.53. The van der Waals surface area contributed by atoms with Gasteiger partial charge in [0.15, 0.2) is 0 Å². The number of halogens is 1. The average Bonchev–Trinajstić information content (AvgIpc) is 2.96. The van der Waals surface area contributed by atoms with Gasteiger partial charge in [0.05, 0.1) is 28.6 Å². The molecule has 2 aromatic rings. The van der Waals surface area contributed by atoms with E-state index in [1.807, 2.05) is 6.07 Å². The van der Waals surface area contributed by atoms with Crippen LogP contribution in [0.2, 0.25) is 5.02 Å². The van der Waals surface area contributed by atoms with Gasteiger partial charge in [-0.1, -0.05) is 37.4 Å². The number of nitrogens with zero attached hydrogens (tertiary/aromatic N) is 2. The van der Waals surface area contributed by atoms with Gasteiger partial charge in [-0.25, -0.2) is 0 Å². The molecule has 0 amide bonds. The summed E-state index contributed by atoms with van der Waals surface area (Å²) in [5.74, 6) is 1.87. The maximum Gasteiger partial charge on any atom is 0.142 e. The fourth-order valence-corrected chi connectivity index (χ4v) is 5.66. The van der Waals surface area contributed by atoms with E-state index in [0.29, 0.717) is 0 Å². The molecule has 1 saturated carbocycles. The summed E-state index contributed by atoms with van der Waals surface area (Å²) in [4.78, 5) is 4.91. The van der Waals surface area contributed by atoms with Crippen LogP contribution in [0.3, 0.4) is 0 Å². The third kappa shape index (κ3) is 3.54. The Morgan fingerprint density at radius 3 is 2.76 bits per heavy atom. The van der Waals surface area contributed by atoms with Gasteiger partial charge in [0.2, 0.25) is 0 Å². The minimum absolute atomic E-state index is 0.125. The first-order chi connectivity index (χ1) is 14.0. The van der Waals surface area contributed by atoms with Crippen LogP contribution in [-0.2, 0) is 12.1 Å². The Labute approximate surface area is 178 Å². The van der Waals surface area contributed by atoms with Crippen LogP contribution in [-0.4, -0.2) is 43.0 Å². The highest BCUT2D eigenvalue weighted by Crippen LogP contribution is 2.49. The van der Waals surface area contributed by atoms with Gasteiger partial charge >= 0.3 is 0 Å². The van der Waals surface area contributed by atoms with Gasteiger partial charge < -0.3 is 20.0 Å². The molecule has 3 heterocycles. The lowest BCUT2D eigenvalue weighted by Gasteiger charge is -2.44. The molecule has 0 radical (unpaired) electrons. The zero-order valence-corrected chi connectivity index (χ0v) is 18.1. The third-order valence-corrected chi connectivity index (χ3v) is 7.15. The molecule has 1 spiro atoms.